The maximum Gasteiger partial charge on any atom is 0.222 e. The van der Waals surface area contributed by atoms with E-state index in [1.807, 2.05) is 23.1 Å². The lowest BCUT2D eigenvalue weighted by molar-refractivity contribution is -0.131. The van der Waals surface area contributed by atoms with Gasteiger partial charge in [-0.1, -0.05) is 30.3 Å². The van der Waals surface area contributed by atoms with Crippen molar-refractivity contribution in [1.82, 2.24) is 10.2 Å². The minimum absolute atomic E-state index is 0. The Bertz CT molecular complexity index is 337. The Morgan fingerprint density at radius 1 is 1.18 bits per heavy atom. The van der Waals surface area contributed by atoms with Crippen LogP contribution in [0.2, 0.25) is 0 Å². The van der Waals surface area contributed by atoms with Crippen molar-refractivity contribution in [3.63, 3.8) is 0 Å². The normalized spacial score (nSPS) is 15.2. The summed E-state index contributed by atoms with van der Waals surface area (Å²) in [7, 11) is 0. The Balaban J connectivity index is 0.00000144. The average Bonchev–Trinajstić information content (AvgIpc) is 2.38. The summed E-state index contributed by atoms with van der Waals surface area (Å²) in [5.74, 6) is 0.283. The smallest absolute Gasteiger partial charge is 0.222 e. The SMILES string of the molecule is Cl.O=C(CCc1ccccc1)N1CCNCC1. The molecule has 0 unspecified atom stereocenters. The van der Waals surface area contributed by atoms with Gasteiger partial charge in [-0.3, -0.25) is 4.79 Å². The molecule has 0 bridgehead atoms. The number of carbonyl (C=O) groups is 1. The van der Waals surface area contributed by atoms with Gasteiger partial charge in [0.05, 0.1) is 0 Å². The summed E-state index contributed by atoms with van der Waals surface area (Å²) in [5.41, 5.74) is 1.24. The number of hydrogen-bond acceptors (Lipinski definition) is 2. The Morgan fingerprint density at radius 2 is 1.82 bits per heavy atom. The highest BCUT2D eigenvalue weighted by Crippen LogP contribution is 2.05. The fourth-order valence-corrected chi connectivity index (χ4v) is 1.97. The summed E-state index contributed by atoms with van der Waals surface area (Å²) in [4.78, 5) is 13.8. The number of carbonyl (C=O) groups excluding carboxylic acids is 1. The Morgan fingerprint density at radius 3 is 2.47 bits per heavy atom. The van der Waals surface area contributed by atoms with Crippen molar-refractivity contribution < 1.29 is 4.79 Å². The van der Waals surface area contributed by atoms with E-state index in [0.717, 1.165) is 32.6 Å². The van der Waals surface area contributed by atoms with Gasteiger partial charge < -0.3 is 10.2 Å². The largest absolute Gasteiger partial charge is 0.340 e. The van der Waals surface area contributed by atoms with Gasteiger partial charge in [-0.2, -0.15) is 0 Å². The topological polar surface area (TPSA) is 32.3 Å². The number of amides is 1. The highest BCUT2D eigenvalue weighted by Gasteiger charge is 2.15. The van der Waals surface area contributed by atoms with Gasteiger partial charge in [-0.25, -0.2) is 0 Å². The fraction of sp³-hybridized carbons (Fsp3) is 0.462. The van der Waals surface area contributed by atoms with Crippen LogP contribution in [0.4, 0.5) is 0 Å². The molecule has 0 aliphatic carbocycles. The van der Waals surface area contributed by atoms with E-state index in [9.17, 15) is 4.79 Å². The fourth-order valence-electron chi connectivity index (χ4n) is 1.97. The highest BCUT2D eigenvalue weighted by molar-refractivity contribution is 5.85. The quantitative estimate of drug-likeness (QED) is 0.886. The van der Waals surface area contributed by atoms with Crippen molar-refractivity contribution in [2.24, 2.45) is 0 Å². The zero-order valence-electron chi connectivity index (χ0n) is 9.89. The van der Waals surface area contributed by atoms with Crippen LogP contribution in [0, 0.1) is 0 Å². The molecule has 17 heavy (non-hydrogen) atoms. The molecule has 0 radical (unpaired) electrons. The second-order valence-corrected chi connectivity index (χ2v) is 4.12. The van der Waals surface area contributed by atoms with Crippen molar-refractivity contribution in [2.45, 2.75) is 12.8 Å². The standard InChI is InChI=1S/C13H18N2O.ClH/c16-13(15-10-8-14-9-11-15)7-6-12-4-2-1-3-5-12;/h1-5,14H,6-11H2;1H. The van der Waals surface area contributed by atoms with Crippen LogP contribution in [0.1, 0.15) is 12.0 Å². The molecule has 1 aliphatic heterocycles. The maximum absolute atomic E-state index is 11.9. The van der Waals surface area contributed by atoms with E-state index in [1.54, 1.807) is 0 Å². The van der Waals surface area contributed by atoms with Gasteiger partial charge in [-0.05, 0) is 12.0 Å². The van der Waals surface area contributed by atoms with Gasteiger partial charge in [0.1, 0.15) is 0 Å². The summed E-state index contributed by atoms with van der Waals surface area (Å²) >= 11 is 0. The molecular weight excluding hydrogens is 236 g/mol. The first kappa shape index (κ1) is 14.0. The molecule has 0 aromatic heterocycles. The Labute approximate surface area is 109 Å². The summed E-state index contributed by atoms with van der Waals surface area (Å²) < 4.78 is 0. The van der Waals surface area contributed by atoms with E-state index in [4.69, 9.17) is 0 Å². The van der Waals surface area contributed by atoms with E-state index in [2.05, 4.69) is 17.4 Å². The van der Waals surface area contributed by atoms with Crippen LogP contribution in [0.3, 0.4) is 0 Å². The number of nitrogens with zero attached hydrogens (tertiary/aromatic N) is 1. The zero-order valence-corrected chi connectivity index (χ0v) is 10.7. The molecule has 1 aliphatic rings. The number of aryl methyl sites for hydroxylation is 1. The van der Waals surface area contributed by atoms with Crippen molar-refractivity contribution in [1.29, 1.82) is 0 Å². The molecule has 1 aromatic carbocycles. The summed E-state index contributed by atoms with van der Waals surface area (Å²) in [6.45, 7) is 3.56. The number of rotatable bonds is 3. The Kier molecular flexibility index (Phi) is 6.01. The predicted molar refractivity (Wildman–Crippen MR) is 71.5 cm³/mol. The number of halogens is 1. The van der Waals surface area contributed by atoms with E-state index in [-0.39, 0.29) is 18.3 Å². The monoisotopic (exact) mass is 254 g/mol. The molecule has 1 fully saturated rings. The van der Waals surface area contributed by atoms with Crippen LogP contribution in [0.5, 0.6) is 0 Å². The predicted octanol–water partition coefficient (Wildman–Crippen LogP) is 1.47. The van der Waals surface area contributed by atoms with Crippen LogP contribution >= 0.6 is 12.4 Å². The van der Waals surface area contributed by atoms with Crippen molar-refractivity contribution >= 4 is 18.3 Å². The first-order chi connectivity index (χ1) is 7.86. The first-order valence-electron chi connectivity index (χ1n) is 5.89. The number of benzene rings is 1. The third-order valence-electron chi connectivity index (χ3n) is 2.94. The summed E-state index contributed by atoms with van der Waals surface area (Å²) in [6, 6.07) is 10.2. The molecular formula is C13H19ClN2O. The first-order valence-corrected chi connectivity index (χ1v) is 5.89. The lowest BCUT2D eigenvalue weighted by atomic mass is 10.1. The molecule has 0 saturated carbocycles. The highest BCUT2D eigenvalue weighted by atomic mass is 35.5. The van der Waals surface area contributed by atoms with Crippen molar-refractivity contribution in [3.05, 3.63) is 35.9 Å². The molecule has 1 saturated heterocycles. The van der Waals surface area contributed by atoms with Gasteiger partial charge in [0, 0.05) is 32.6 Å². The summed E-state index contributed by atoms with van der Waals surface area (Å²) in [6.07, 6.45) is 1.48. The van der Waals surface area contributed by atoms with E-state index in [0.29, 0.717) is 6.42 Å². The second kappa shape index (κ2) is 7.30. The summed E-state index contributed by atoms with van der Waals surface area (Å²) in [5, 5.41) is 3.25. The van der Waals surface area contributed by atoms with Gasteiger partial charge in [0.25, 0.3) is 0 Å². The van der Waals surface area contributed by atoms with E-state index < -0.39 is 0 Å². The van der Waals surface area contributed by atoms with Gasteiger partial charge in [0.2, 0.25) is 5.91 Å². The van der Waals surface area contributed by atoms with Crippen LogP contribution in [-0.4, -0.2) is 37.0 Å². The van der Waals surface area contributed by atoms with Gasteiger partial charge in [0.15, 0.2) is 0 Å². The van der Waals surface area contributed by atoms with Crippen LogP contribution in [-0.2, 0) is 11.2 Å². The minimum Gasteiger partial charge on any atom is -0.340 e. The number of hydrogen-bond donors (Lipinski definition) is 1. The third-order valence-corrected chi connectivity index (χ3v) is 2.94. The van der Waals surface area contributed by atoms with Crippen molar-refractivity contribution in [2.75, 3.05) is 26.2 Å². The van der Waals surface area contributed by atoms with Gasteiger partial charge >= 0.3 is 0 Å². The lowest BCUT2D eigenvalue weighted by Gasteiger charge is -2.27. The molecule has 3 nitrogen and oxygen atoms in total. The molecule has 1 aromatic rings. The van der Waals surface area contributed by atoms with Crippen molar-refractivity contribution in [3.8, 4) is 0 Å². The molecule has 94 valence electrons. The second-order valence-electron chi connectivity index (χ2n) is 4.12. The molecule has 1 amide bonds. The zero-order chi connectivity index (χ0) is 11.2. The molecule has 0 atom stereocenters. The van der Waals surface area contributed by atoms with Crippen LogP contribution in [0.25, 0.3) is 0 Å². The number of piperazine rings is 1. The average molecular weight is 255 g/mol. The van der Waals surface area contributed by atoms with E-state index in [1.165, 1.54) is 5.56 Å². The van der Waals surface area contributed by atoms with Gasteiger partial charge in [-0.15, -0.1) is 12.4 Å². The maximum atomic E-state index is 11.9. The molecule has 4 heteroatoms. The van der Waals surface area contributed by atoms with Crippen LogP contribution in [0.15, 0.2) is 30.3 Å². The van der Waals surface area contributed by atoms with E-state index >= 15 is 0 Å². The Hall–Kier alpha value is -1.06. The molecule has 2 rings (SSSR count). The third kappa shape index (κ3) is 4.36. The van der Waals surface area contributed by atoms with Crippen LogP contribution < -0.4 is 5.32 Å². The molecule has 0 spiro atoms. The molecule has 1 N–H and O–H groups in total. The number of nitrogens with one attached hydrogen (secondary N) is 1. The molecule has 1 heterocycles. The minimum atomic E-state index is 0. The lowest BCUT2D eigenvalue weighted by Crippen LogP contribution is -2.46.